The minimum atomic E-state index is -3.04. The summed E-state index contributed by atoms with van der Waals surface area (Å²) in [5, 5.41) is 3.14. The van der Waals surface area contributed by atoms with Crippen LogP contribution in [0.3, 0.4) is 0 Å². The first-order valence-electron chi connectivity index (χ1n) is 6.93. The number of benzene rings is 2. The van der Waals surface area contributed by atoms with Crippen molar-refractivity contribution in [2.24, 2.45) is 4.36 Å². The van der Waals surface area contributed by atoms with Crippen LogP contribution in [-0.2, 0) is 9.92 Å². The Morgan fingerprint density at radius 2 is 1.74 bits per heavy atom. The molecule has 0 bridgehead atoms. The van der Waals surface area contributed by atoms with Crippen molar-refractivity contribution in [3.05, 3.63) is 58.6 Å². The molecule has 0 spiro atoms. The van der Waals surface area contributed by atoms with Gasteiger partial charge in [0, 0.05) is 10.7 Å². The van der Waals surface area contributed by atoms with Crippen molar-refractivity contribution >= 4 is 33.2 Å². The molecular formula is C16H18ClN3O2S. The van der Waals surface area contributed by atoms with Gasteiger partial charge in [0.05, 0.1) is 4.90 Å². The molecule has 0 radical (unpaired) electrons. The number of nitrogens with zero attached hydrogens (tertiary/aromatic N) is 1. The highest BCUT2D eigenvalue weighted by Gasteiger charge is 2.14. The number of rotatable bonds is 3. The average molecular weight is 352 g/mol. The summed E-state index contributed by atoms with van der Waals surface area (Å²) in [6, 6.07) is 11.2. The fourth-order valence-corrected chi connectivity index (χ4v) is 3.33. The fourth-order valence-electron chi connectivity index (χ4n) is 1.90. The second-order valence-corrected chi connectivity index (χ2v) is 7.55. The van der Waals surface area contributed by atoms with Gasteiger partial charge in [-0.1, -0.05) is 17.7 Å². The lowest BCUT2D eigenvalue weighted by molar-refractivity contribution is 0.260. The summed E-state index contributed by atoms with van der Waals surface area (Å²) in [4.78, 5) is 12.5. The van der Waals surface area contributed by atoms with E-state index in [1.807, 2.05) is 19.9 Å². The summed E-state index contributed by atoms with van der Waals surface area (Å²) in [6.07, 6.45) is 0. The third-order valence-electron chi connectivity index (χ3n) is 3.38. The van der Waals surface area contributed by atoms with Gasteiger partial charge in [-0.25, -0.2) is 13.7 Å². The van der Waals surface area contributed by atoms with Gasteiger partial charge >= 0.3 is 6.03 Å². The number of amides is 2. The maximum absolute atomic E-state index is 12.9. The number of aryl methyl sites for hydroxylation is 2. The van der Waals surface area contributed by atoms with Crippen molar-refractivity contribution in [3.63, 3.8) is 0 Å². The smallest absolute Gasteiger partial charge is 0.306 e. The Morgan fingerprint density at radius 1 is 1.09 bits per heavy atom. The van der Waals surface area contributed by atoms with Gasteiger partial charge in [-0.2, -0.15) is 0 Å². The third-order valence-corrected chi connectivity index (χ3v) is 5.50. The van der Waals surface area contributed by atoms with Crippen molar-refractivity contribution in [2.45, 2.75) is 18.7 Å². The largest absolute Gasteiger partial charge is 0.354 e. The second kappa shape index (κ2) is 7.12. The van der Waals surface area contributed by atoms with Crippen LogP contribution in [0.4, 0.5) is 10.5 Å². The summed E-state index contributed by atoms with van der Waals surface area (Å²) < 4.78 is 19.4. The van der Waals surface area contributed by atoms with E-state index < -0.39 is 15.9 Å². The van der Waals surface area contributed by atoms with E-state index in [0.29, 0.717) is 15.6 Å². The van der Waals surface area contributed by atoms with E-state index in [2.05, 4.69) is 14.4 Å². The molecule has 2 aromatic rings. The number of carbonyl (C=O) groups is 1. The molecule has 0 fully saturated rings. The predicted molar refractivity (Wildman–Crippen MR) is 94.3 cm³/mol. The first-order valence-corrected chi connectivity index (χ1v) is 8.83. The lowest BCUT2D eigenvalue weighted by atomic mass is 10.1. The number of nitrogens with one attached hydrogen (secondary N) is 2. The zero-order valence-corrected chi connectivity index (χ0v) is 14.7. The molecule has 1 unspecified atom stereocenters. The molecule has 2 N–H and O–H groups in total. The molecule has 7 heteroatoms. The van der Waals surface area contributed by atoms with Crippen LogP contribution in [-0.4, -0.2) is 17.3 Å². The Bertz CT molecular complexity index is 841. The van der Waals surface area contributed by atoms with Crippen LogP contribution >= 0.6 is 11.6 Å². The van der Waals surface area contributed by atoms with Gasteiger partial charge in [-0.05, 0) is 68.4 Å². The number of carbonyl (C=O) groups excluding carboxylic acids is 1. The van der Waals surface area contributed by atoms with Gasteiger partial charge < -0.3 is 5.32 Å². The zero-order chi connectivity index (χ0) is 17.0. The molecule has 2 rings (SSSR count). The molecule has 0 aromatic heterocycles. The first kappa shape index (κ1) is 17.5. The summed E-state index contributed by atoms with van der Waals surface area (Å²) in [5.41, 5.74) is 2.59. The molecule has 1 atom stereocenters. The fraction of sp³-hybridized carbons (Fsp3) is 0.188. The Morgan fingerprint density at radius 3 is 2.30 bits per heavy atom. The Kier molecular flexibility index (Phi) is 5.41. The maximum Gasteiger partial charge on any atom is 0.354 e. The first-order chi connectivity index (χ1) is 10.8. The van der Waals surface area contributed by atoms with E-state index in [1.54, 1.807) is 36.4 Å². The van der Waals surface area contributed by atoms with Gasteiger partial charge in [0.1, 0.15) is 9.92 Å². The number of halogens is 1. The molecule has 2 aromatic carbocycles. The lowest BCUT2D eigenvalue weighted by Gasteiger charge is -2.11. The van der Waals surface area contributed by atoms with E-state index in [1.165, 1.54) is 7.05 Å². The summed E-state index contributed by atoms with van der Waals surface area (Å²) >= 11 is 5.79. The van der Waals surface area contributed by atoms with E-state index in [4.69, 9.17) is 11.6 Å². The van der Waals surface area contributed by atoms with Crippen molar-refractivity contribution in [3.8, 4) is 0 Å². The molecule has 122 valence electrons. The summed E-state index contributed by atoms with van der Waals surface area (Å²) in [7, 11) is -1.53. The molecule has 23 heavy (non-hydrogen) atoms. The van der Waals surface area contributed by atoms with Gasteiger partial charge in [-0.15, -0.1) is 4.36 Å². The second-order valence-electron chi connectivity index (χ2n) is 5.00. The van der Waals surface area contributed by atoms with Crippen molar-refractivity contribution < 1.29 is 9.00 Å². The van der Waals surface area contributed by atoms with Gasteiger partial charge in [0.25, 0.3) is 0 Å². The molecule has 5 nitrogen and oxygen atoms in total. The summed E-state index contributed by atoms with van der Waals surface area (Å²) in [6.45, 7) is 3.88. The minimum Gasteiger partial charge on any atom is -0.306 e. The van der Waals surface area contributed by atoms with E-state index in [-0.39, 0.29) is 0 Å². The van der Waals surface area contributed by atoms with E-state index >= 15 is 0 Å². The van der Waals surface area contributed by atoms with Crippen LogP contribution in [0.5, 0.6) is 0 Å². The number of hydrogen-bond acceptors (Lipinski definition) is 2. The normalized spacial score (nSPS) is 13.2. The molecule has 0 heterocycles. The highest BCUT2D eigenvalue weighted by Crippen LogP contribution is 2.17. The third kappa shape index (κ3) is 4.31. The Hall–Kier alpha value is -1.89. The topological polar surface area (TPSA) is 70.6 Å². The van der Waals surface area contributed by atoms with Gasteiger partial charge in [-0.3, -0.25) is 0 Å². The molecule has 0 aliphatic carbocycles. The molecule has 0 aliphatic rings. The maximum atomic E-state index is 12.9. The van der Waals surface area contributed by atoms with Crippen LogP contribution in [0.1, 0.15) is 11.1 Å². The standard InChI is InChI=1S/C16H18ClN3O2S/c1-11-4-9-15(10-12(11)2)23(22,18-3)20-16(21)19-14-7-5-13(17)6-8-14/h4-10H,1-3H3,(H2,18,19,20,21,22). The monoisotopic (exact) mass is 351 g/mol. The van der Waals surface area contributed by atoms with Crippen molar-refractivity contribution in [2.75, 3.05) is 12.4 Å². The number of anilines is 1. The number of hydrogen-bond donors (Lipinski definition) is 2. The SMILES string of the molecule is CNS(=O)(=NC(=O)Nc1ccc(Cl)cc1)c1ccc(C)c(C)c1. The average Bonchev–Trinajstić information content (AvgIpc) is 2.52. The van der Waals surface area contributed by atoms with Crippen molar-refractivity contribution in [1.82, 2.24) is 4.72 Å². The predicted octanol–water partition coefficient (Wildman–Crippen LogP) is 4.15. The van der Waals surface area contributed by atoms with Crippen LogP contribution in [0.25, 0.3) is 0 Å². The molecule has 2 amide bonds. The molecule has 0 saturated heterocycles. The highest BCUT2D eigenvalue weighted by atomic mass is 35.5. The Labute approximate surface area is 141 Å². The van der Waals surface area contributed by atoms with E-state index in [9.17, 15) is 9.00 Å². The van der Waals surface area contributed by atoms with Gasteiger partial charge in [0.2, 0.25) is 0 Å². The van der Waals surface area contributed by atoms with Gasteiger partial charge in [0.15, 0.2) is 0 Å². The highest BCUT2D eigenvalue weighted by molar-refractivity contribution is 7.92. The quantitative estimate of drug-likeness (QED) is 0.872. The number of urea groups is 1. The van der Waals surface area contributed by atoms with E-state index in [0.717, 1.165) is 11.1 Å². The Balaban J connectivity index is 2.32. The molecular weight excluding hydrogens is 334 g/mol. The minimum absolute atomic E-state index is 0.467. The lowest BCUT2D eigenvalue weighted by Crippen LogP contribution is -2.22. The van der Waals surface area contributed by atoms with Crippen LogP contribution < -0.4 is 10.0 Å². The summed E-state index contributed by atoms with van der Waals surface area (Å²) in [5.74, 6) is 0. The van der Waals surface area contributed by atoms with Crippen LogP contribution in [0, 0.1) is 13.8 Å². The molecule has 0 saturated carbocycles. The molecule has 0 aliphatic heterocycles. The van der Waals surface area contributed by atoms with Crippen LogP contribution in [0.15, 0.2) is 51.7 Å². The van der Waals surface area contributed by atoms with Crippen molar-refractivity contribution in [1.29, 1.82) is 0 Å². The zero-order valence-electron chi connectivity index (χ0n) is 13.1. The van der Waals surface area contributed by atoms with Crippen LogP contribution in [0.2, 0.25) is 5.02 Å².